The Morgan fingerprint density at radius 2 is 1.93 bits per heavy atom. The third-order valence-corrected chi connectivity index (χ3v) is 3.88. The van der Waals surface area contributed by atoms with Crippen molar-refractivity contribution in [2.24, 2.45) is 5.73 Å². The molecule has 0 aliphatic carbocycles. The van der Waals surface area contributed by atoms with E-state index in [1.54, 1.807) is 0 Å². The summed E-state index contributed by atoms with van der Waals surface area (Å²) in [6.45, 7) is 2.16. The molecule has 2 aliphatic heterocycles. The molecule has 4 atom stereocenters. The van der Waals surface area contributed by atoms with Gasteiger partial charge in [-0.05, 0) is 30.9 Å². The summed E-state index contributed by atoms with van der Waals surface area (Å²) in [4.78, 5) is 0. The number of fused-ring (bicyclic) bond motifs is 2. The molecule has 2 bridgehead atoms. The van der Waals surface area contributed by atoms with Crippen molar-refractivity contribution < 1.29 is 4.74 Å². The summed E-state index contributed by atoms with van der Waals surface area (Å²) in [6.07, 6.45) is 3.00. The van der Waals surface area contributed by atoms with Crippen molar-refractivity contribution in [3.8, 4) is 0 Å². The van der Waals surface area contributed by atoms with Crippen LogP contribution in [-0.4, -0.2) is 18.2 Å². The molecule has 3 rings (SSSR count). The van der Waals surface area contributed by atoms with E-state index < -0.39 is 0 Å². The van der Waals surface area contributed by atoms with Crippen molar-refractivity contribution in [1.82, 2.24) is 0 Å². The van der Waals surface area contributed by atoms with E-state index in [1.165, 1.54) is 17.5 Å². The molecule has 2 heteroatoms. The smallest absolute Gasteiger partial charge is 0.0737 e. The predicted molar refractivity (Wildman–Crippen MR) is 59.8 cm³/mol. The first kappa shape index (κ1) is 9.37. The highest BCUT2D eigenvalue weighted by Gasteiger charge is 2.47. The fraction of sp³-hybridized carbons (Fsp3) is 0.538. The largest absolute Gasteiger partial charge is 0.373 e. The van der Waals surface area contributed by atoms with Gasteiger partial charge >= 0.3 is 0 Å². The van der Waals surface area contributed by atoms with E-state index in [4.69, 9.17) is 10.5 Å². The lowest BCUT2D eigenvalue weighted by molar-refractivity contribution is 0.0976. The van der Waals surface area contributed by atoms with Gasteiger partial charge < -0.3 is 10.5 Å². The highest BCUT2D eigenvalue weighted by atomic mass is 16.5. The maximum atomic E-state index is 6.24. The minimum atomic E-state index is 0.199. The Morgan fingerprint density at radius 1 is 1.20 bits per heavy atom. The second-order valence-corrected chi connectivity index (χ2v) is 4.75. The van der Waals surface area contributed by atoms with Gasteiger partial charge in [0.25, 0.3) is 0 Å². The van der Waals surface area contributed by atoms with Crippen molar-refractivity contribution in [1.29, 1.82) is 0 Å². The first-order valence-electron chi connectivity index (χ1n) is 5.74. The summed E-state index contributed by atoms with van der Waals surface area (Å²) in [7, 11) is 0. The van der Waals surface area contributed by atoms with Crippen molar-refractivity contribution in [3.63, 3.8) is 0 Å². The molecule has 2 fully saturated rings. The minimum absolute atomic E-state index is 0.199. The van der Waals surface area contributed by atoms with Crippen LogP contribution in [0.1, 0.15) is 29.9 Å². The Kier molecular flexibility index (Phi) is 2.08. The van der Waals surface area contributed by atoms with Crippen LogP contribution in [0.15, 0.2) is 24.3 Å². The van der Waals surface area contributed by atoms with E-state index >= 15 is 0 Å². The van der Waals surface area contributed by atoms with Crippen LogP contribution in [-0.2, 0) is 4.74 Å². The lowest BCUT2D eigenvalue weighted by atomic mass is 9.79. The molecular weight excluding hydrogens is 186 g/mol. The summed E-state index contributed by atoms with van der Waals surface area (Å²) < 4.78 is 5.88. The number of nitrogens with two attached hydrogens (primary N) is 1. The first-order chi connectivity index (χ1) is 7.27. The summed E-state index contributed by atoms with van der Waals surface area (Å²) in [5, 5.41) is 0. The van der Waals surface area contributed by atoms with Crippen LogP contribution in [0.3, 0.4) is 0 Å². The van der Waals surface area contributed by atoms with Crippen LogP contribution in [0, 0.1) is 6.92 Å². The lowest BCUT2D eigenvalue weighted by Crippen LogP contribution is -2.38. The Bertz CT molecular complexity index is 375. The normalized spacial score (nSPS) is 38.5. The second-order valence-electron chi connectivity index (χ2n) is 4.75. The quantitative estimate of drug-likeness (QED) is 0.757. The topological polar surface area (TPSA) is 35.2 Å². The van der Waals surface area contributed by atoms with Gasteiger partial charge in [0.1, 0.15) is 0 Å². The first-order valence-corrected chi connectivity index (χ1v) is 5.74. The summed E-state index contributed by atoms with van der Waals surface area (Å²) in [6, 6.07) is 8.74. The van der Waals surface area contributed by atoms with Crippen molar-refractivity contribution in [2.75, 3.05) is 0 Å². The van der Waals surface area contributed by atoms with Crippen molar-refractivity contribution in [3.05, 3.63) is 35.4 Å². The van der Waals surface area contributed by atoms with Gasteiger partial charge in [0, 0.05) is 12.0 Å². The standard InChI is InChI=1S/C13H17NO/c1-8-4-2-3-5-9(8)12-10-6-7-11(15-10)13(12)14/h2-5,10-13H,6-7,14H2,1H3. The molecule has 2 N–H and O–H groups in total. The van der Waals surface area contributed by atoms with E-state index in [9.17, 15) is 0 Å². The van der Waals surface area contributed by atoms with Crippen LogP contribution in [0.25, 0.3) is 0 Å². The average molecular weight is 203 g/mol. The number of aryl methyl sites for hydroxylation is 1. The van der Waals surface area contributed by atoms with E-state index in [-0.39, 0.29) is 6.04 Å². The lowest BCUT2D eigenvalue weighted by Gasteiger charge is -2.26. The number of hydrogen-bond donors (Lipinski definition) is 1. The Morgan fingerprint density at radius 3 is 2.60 bits per heavy atom. The Hall–Kier alpha value is -0.860. The van der Waals surface area contributed by atoms with Crippen LogP contribution in [0.2, 0.25) is 0 Å². The molecule has 15 heavy (non-hydrogen) atoms. The minimum Gasteiger partial charge on any atom is -0.373 e. The third kappa shape index (κ3) is 1.32. The van der Waals surface area contributed by atoms with E-state index in [0.717, 1.165) is 6.42 Å². The zero-order chi connectivity index (χ0) is 10.4. The molecule has 80 valence electrons. The summed E-state index contributed by atoms with van der Waals surface area (Å²) >= 11 is 0. The summed E-state index contributed by atoms with van der Waals surface area (Å²) in [5.41, 5.74) is 8.97. The second kappa shape index (κ2) is 3.32. The molecule has 1 aromatic rings. The number of ether oxygens (including phenoxy) is 1. The van der Waals surface area contributed by atoms with Crippen LogP contribution >= 0.6 is 0 Å². The van der Waals surface area contributed by atoms with Gasteiger partial charge in [0.2, 0.25) is 0 Å². The van der Waals surface area contributed by atoms with E-state index in [1.807, 2.05) is 0 Å². The van der Waals surface area contributed by atoms with Gasteiger partial charge in [-0.25, -0.2) is 0 Å². The average Bonchev–Trinajstić information content (AvgIpc) is 2.80. The molecule has 4 unspecified atom stereocenters. The maximum Gasteiger partial charge on any atom is 0.0737 e. The molecule has 2 heterocycles. The number of hydrogen-bond acceptors (Lipinski definition) is 2. The SMILES string of the molecule is Cc1ccccc1C1C2CCC(O2)C1N. The Labute approximate surface area is 90.4 Å². The number of benzene rings is 1. The van der Waals surface area contributed by atoms with Crippen molar-refractivity contribution >= 4 is 0 Å². The van der Waals surface area contributed by atoms with Crippen LogP contribution < -0.4 is 5.73 Å². The van der Waals surface area contributed by atoms with Crippen molar-refractivity contribution in [2.45, 2.75) is 43.9 Å². The zero-order valence-corrected chi connectivity index (χ0v) is 9.02. The van der Waals surface area contributed by atoms with Crippen LogP contribution in [0.5, 0.6) is 0 Å². The monoisotopic (exact) mass is 203 g/mol. The Balaban J connectivity index is 1.98. The molecule has 0 aromatic heterocycles. The van der Waals surface area contributed by atoms with Gasteiger partial charge in [-0.1, -0.05) is 24.3 Å². The molecular formula is C13H17NO. The molecule has 2 nitrogen and oxygen atoms in total. The van der Waals surface area contributed by atoms with Gasteiger partial charge in [-0.15, -0.1) is 0 Å². The van der Waals surface area contributed by atoms with Gasteiger partial charge in [-0.2, -0.15) is 0 Å². The van der Waals surface area contributed by atoms with E-state index in [2.05, 4.69) is 31.2 Å². The molecule has 2 aliphatic rings. The fourth-order valence-electron chi connectivity index (χ4n) is 3.08. The molecule has 0 amide bonds. The highest BCUT2D eigenvalue weighted by molar-refractivity contribution is 5.33. The predicted octanol–water partition coefficient (Wildman–Crippen LogP) is 1.97. The molecule has 0 saturated carbocycles. The fourth-order valence-corrected chi connectivity index (χ4v) is 3.08. The molecule has 1 aromatic carbocycles. The maximum absolute atomic E-state index is 6.24. The van der Waals surface area contributed by atoms with Gasteiger partial charge in [-0.3, -0.25) is 0 Å². The van der Waals surface area contributed by atoms with Crippen LogP contribution in [0.4, 0.5) is 0 Å². The van der Waals surface area contributed by atoms with Gasteiger partial charge in [0.05, 0.1) is 12.2 Å². The summed E-state index contributed by atoms with van der Waals surface area (Å²) in [5.74, 6) is 0.421. The molecule has 2 saturated heterocycles. The third-order valence-electron chi connectivity index (χ3n) is 3.88. The molecule has 0 radical (unpaired) electrons. The van der Waals surface area contributed by atoms with E-state index in [0.29, 0.717) is 18.1 Å². The van der Waals surface area contributed by atoms with Gasteiger partial charge in [0.15, 0.2) is 0 Å². The molecule has 0 spiro atoms. The number of rotatable bonds is 1. The zero-order valence-electron chi connectivity index (χ0n) is 9.02. The highest BCUT2D eigenvalue weighted by Crippen LogP contribution is 2.44.